The Morgan fingerprint density at radius 2 is 1.90 bits per heavy atom. The fourth-order valence-electron chi connectivity index (χ4n) is 3.21. The molecule has 0 unspecified atom stereocenters. The number of nitrogens with zero attached hydrogens (tertiary/aromatic N) is 1. The van der Waals surface area contributed by atoms with E-state index in [9.17, 15) is 12.8 Å². The Hall–Kier alpha value is -2.18. The average molecular weight is 559 g/mol. The first-order chi connectivity index (χ1) is 14.4. The third-order valence-electron chi connectivity index (χ3n) is 4.76. The number of hydrogen-bond donors (Lipinski definition) is 4. The summed E-state index contributed by atoms with van der Waals surface area (Å²) in [5.74, 6) is 0.333. The van der Waals surface area contributed by atoms with Crippen LogP contribution in [0.3, 0.4) is 0 Å². The minimum atomic E-state index is -3.31. The summed E-state index contributed by atoms with van der Waals surface area (Å²) in [6.07, 6.45) is 2.65. The number of aromatic nitrogens is 1. The number of aliphatic imine (C=N–C) groups is 1. The van der Waals surface area contributed by atoms with Gasteiger partial charge in [-0.3, -0.25) is 4.99 Å². The molecule has 0 atom stereocenters. The highest BCUT2D eigenvalue weighted by Gasteiger charge is 2.09. The Morgan fingerprint density at radius 1 is 1.13 bits per heavy atom. The predicted octanol–water partition coefficient (Wildman–Crippen LogP) is 2.88. The molecule has 0 radical (unpaired) electrons. The topological polar surface area (TPSA) is 98.4 Å². The molecule has 3 rings (SSSR count). The molecule has 168 valence electrons. The maximum absolute atomic E-state index is 13.3. The zero-order valence-corrected chi connectivity index (χ0v) is 20.6. The van der Waals surface area contributed by atoms with E-state index in [0.29, 0.717) is 19.0 Å². The van der Waals surface area contributed by atoms with Gasteiger partial charge < -0.3 is 15.6 Å². The summed E-state index contributed by atoms with van der Waals surface area (Å²) in [7, 11) is -0.205. The van der Waals surface area contributed by atoms with E-state index in [0.717, 1.165) is 34.0 Å². The highest BCUT2D eigenvalue weighted by molar-refractivity contribution is 14.0. The number of hydrogen-bond acceptors (Lipinski definition) is 3. The fourth-order valence-corrected chi connectivity index (χ4v) is 3.97. The van der Waals surface area contributed by atoms with Crippen LogP contribution in [0.4, 0.5) is 4.39 Å². The van der Waals surface area contributed by atoms with Crippen molar-refractivity contribution in [1.29, 1.82) is 0 Å². The molecule has 7 nitrogen and oxygen atoms in total. The number of aromatic amines is 1. The van der Waals surface area contributed by atoms with Gasteiger partial charge in [-0.05, 0) is 48.4 Å². The van der Waals surface area contributed by atoms with Crippen LogP contribution in [0.1, 0.15) is 16.7 Å². The first-order valence-corrected chi connectivity index (χ1v) is 11.2. The van der Waals surface area contributed by atoms with Crippen molar-refractivity contribution < 1.29 is 12.8 Å². The van der Waals surface area contributed by atoms with Gasteiger partial charge in [-0.25, -0.2) is 17.5 Å². The lowest BCUT2D eigenvalue weighted by molar-refractivity contribution is 0.587. The van der Waals surface area contributed by atoms with Crippen LogP contribution >= 0.6 is 24.0 Å². The Morgan fingerprint density at radius 3 is 2.65 bits per heavy atom. The average Bonchev–Trinajstić information content (AvgIpc) is 3.12. The summed E-state index contributed by atoms with van der Waals surface area (Å²) in [5, 5.41) is 7.50. The van der Waals surface area contributed by atoms with Crippen molar-refractivity contribution in [2.75, 3.05) is 20.6 Å². The molecule has 31 heavy (non-hydrogen) atoms. The van der Waals surface area contributed by atoms with Crippen LogP contribution in [0.15, 0.2) is 53.7 Å². The first kappa shape index (κ1) is 25.1. The summed E-state index contributed by atoms with van der Waals surface area (Å²) in [5.41, 5.74) is 3.57. The van der Waals surface area contributed by atoms with E-state index in [1.54, 1.807) is 19.2 Å². The smallest absolute Gasteiger partial charge is 0.215 e. The molecule has 0 bridgehead atoms. The number of guanidine groups is 1. The minimum absolute atomic E-state index is 0. The molecule has 0 saturated carbocycles. The number of sulfonamides is 1. The SMILES string of the molecule is CN=C(NCCc1c[nH]c2cc(F)ccc12)NCc1cccc(CS(=O)(=O)NC)c1.I. The van der Waals surface area contributed by atoms with Crippen LogP contribution in [0.2, 0.25) is 0 Å². The molecule has 2 aromatic carbocycles. The van der Waals surface area contributed by atoms with Crippen LogP contribution in [0.5, 0.6) is 0 Å². The van der Waals surface area contributed by atoms with Crippen molar-refractivity contribution >= 4 is 50.9 Å². The first-order valence-electron chi connectivity index (χ1n) is 9.59. The summed E-state index contributed by atoms with van der Waals surface area (Å²) in [6.45, 7) is 1.17. The third-order valence-corrected chi connectivity index (χ3v) is 6.09. The van der Waals surface area contributed by atoms with Crippen molar-refractivity contribution in [3.8, 4) is 0 Å². The van der Waals surface area contributed by atoms with Crippen LogP contribution in [-0.4, -0.2) is 40.0 Å². The Balaban J connectivity index is 0.00000341. The maximum atomic E-state index is 13.3. The van der Waals surface area contributed by atoms with Gasteiger partial charge in [0.25, 0.3) is 0 Å². The van der Waals surface area contributed by atoms with Gasteiger partial charge in [-0.15, -0.1) is 24.0 Å². The minimum Gasteiger partial charge on any atom is -0.361 e. The predicted molar refractivity (Wildman–Crippen MR) is 134 cm³/mol. The van der Waals surface area contributed by atoms with Gasteiger partial charge in [-0.1, -0.05) is 24.3 Å². The number of nitrogens with one attached hydrogen (secondary N) is 4. The van der Waals surface area contributed by atoms with Gasteiger partial charge in [0, 0.05) is 37.2 Å². The van der Waals surface area contributed by atoms with Gasteiger partial charge >= 0.3 is 0 Å². The summed E-state index contributed by atoms with van der Waals surface area (Å²) in [6, 6.07) is 12.2. The lowest BCUT2D eigenvalue weighted by Gasteiger charge is -2.12. The summed E-state index contributed by atoms with van der Waals surface area (Å²) < 4.78 is 39.1. The molecule has 3 aromatic rings. The molecule has 1 aromatic heterocycles. The number of benzene rings is 2. The van der Waals surface area contributed by atoms with Crippen LogP contribution in [0, 0.1) is 5.82 Å². The van der Waals surface area contributed by atoms with E-state index in [1.807, 2.05) is 24.4 Å². The van der Waals surface area contributed by atoms with Crippen molar-refractivity contribution in [2.45, 2.75) is 18.7 Å². The van der Waals surface area contributed by atoms with Crippen molar-refractivity contribution in [2.24, 2.45) is 4.99 Å². The van der Waals surface area contributed by atoms with E-state index in [1.165, 1.54) is 19.2 Å². The monoisotopic (exact) mass is 559 g/mol. The van der Waals surface area contributed by atoms with Gasteiger partial charge in [0.05, 0.1) is 5.75 Å². The fraction of sp³-hybridized carbons (Fsp3) is 0.286. The number of rotatable bonds is 8. The molecular formula is C21H27FIN5O2S. The zero-order valence-electron chi connectivity index (χ0n) is 17.4. The molecule has 1 heterocycles. The standard InChI is InChI=1S/C21H26FN5O2S.HI/c1-23-21(25-9-8-17-13-26-20-11-18(22)6-7-19(17)20)27-12-15-4-3-5-16(10-15)14-30(28,29)24-2;/h3-7,10-11,13,24,26H,8-9,12,14H2,1-2H3,(H2,23,25,27);1H. The van der Waals surface area contributed by atoms with E-state index < -0.39 is 10.0 Å². The highest BCUT2D eigenvalue weighted by Crippen LogP contribution is 2.19. The van der Waals surface area contributed by atoms with E-state index >= 15 is 0 Å². The second-order valence-electron chi connectivity index (χ2n) is 6.89. The molecule has 0 spiro atoms. The number of halogens is 2. The number of fused-ring (bicyclic) bond motifs is 1. The molecule has 0 saturated heterocycles. The Bertz CT molecular complexity index is 1150. The zero-order chi connectivity index (χ0) is 21.6. The lowest BCUT2D eigenvalue weighted by Crippen LogP contribution is -2.37. The lowest BCUT2D eigenvalue weighted by atomic mass is 10.1. The van der Waals surface area contributed by atoms with E-state index in [-0.39, 0.29) is 35.5 Å². The molecule has 10 heteroatoms. The third kappa shape index (κ3) is 7.18. The van der Waals surface area contributed by atoms with Gasteiger partial charge in [0.1, 0.15) is 5.82 Å². The Kier molecular flexibility index (Phi) is 9.26. The molecule has 0 amide bonds. The molecule has 4 N–H and O–H groups in total. The largest absolute Gasteiger partial charge is 0.361 e. The van der Waals surface area contributed by atoms with Gasteiger partial charge in [-0.2, -0.15) is 0 Å². The molecular weight excluding hydrogens is 532 g/mol. The molecule has 0 aliphatic rings. The maximum Gasteiger partial charge on any atom is 0.215 e. The van der Waals surface area contributed by atoms with E-state index in [4.69, 9.17) is 0 Å². The van der Waals surface area contributed by atoms with Gasteiger partial charge in [0.2, 0.25) is 10.0 Å². The normalized spacial score (nSPS) is 11.9. The number of H-pyrrole nitrogens is 1. The highest BCUT2D eigenvalue weighted by atomic mass is 127. The molecule has 0 aliphatic heterocycles. The summed E-state index contributed by atoms with van der Waals surface area (Å²) >= 11 is 0. The van der Waals surface area contributed by atoms with Crippen LogP contribution < -0.4 is 15.4 Å². The second-order valence-corrected chi connectivity index (χ2v) is 8.82. The Labute approximate surface area is 199 Å². The second kappa shape index (κ2) is 11.4. The van der Waals surface area contributed by atoms with Crippen molar-refractivity contribution in [3.05, 3.63) is 71.2 Å². The van der Waals surface area contributed by atoms with Crippen molar-refractivity contribution in [3.63, 3.8) is 0 Å². The van der Waals surface area contributed by atoms with Crippen molar-refractivity contribution in [1.82, 2.24) is 20.3 Å². The molecule has 0 fully saturated rings. The quantitative estimate of drug-likeness (QED) is 0.194. The molecule has 0 aliphatic carbocycles. The van der Waals surface area contributed by atoms with Crippen LogP contribution in [0.25, 0.3) is 10.9 Å². The summed E-state index contributed by atoms with van der Waals surface area (Å²) in [4.78, 5) is 7.31. The van der Waals surface area contributed by atoms with E-state index in [2.05, 4.69) is 25.3 Å². The van der Waals surface area contributed by atoms with Crippen LogP contribution in [-0.2, 0) is 28.7 Å². The van der Waals surface area contributed by atoms with Gasteiger partial charge in [0.15, 0.2) is 5.96 Å².